The van der Waals surface area contributed by atoms with E-state index in [1.54, 1.807) is 6.92 Å². The molecule has 0 aromatic rings. The number of rotatable bonds is 13. The molecular weight excluding hydrogens is 332 g/mol. The van der Waals surface area contributed by atoms with Crippen LogP contribution in [-0.2, 0) is 19.1 Å². The molecule has 0 aliphatic carbocycles. The summed E-state index contributed by atoms with van der Waals surface area (Å²) in [4.78, 5) is 23.0. The van der Waals surface area contributed by atoms with Crippen LogP contribution in [0.4, 0.5) is 0 Å². The minimum Gasteiger partial charge on any atom is -0.466 e. The summed E-state index contributed by atoms with van der Waals surface area (Å²) in [5.74, 6) is -0.910. The zero-order chi connectivity index (χ0) is 19.6. The van der Waals surface area contributed by atoms with Crippen molar-refractivity contribution in [2.24, 2.45) is 0 Å². The Morgan fingerprint density at radius 2 is 1.65 bits per heavy atom. The second kappa shape index (κ2) is 16.3. The lowest BCUT2D eigenvalue weighted by Crippen LogP contribution is -2.22. The molecule has 0 amide bonds. The Kier molecular flexibility index (Phi) is 15.0. The summed E-state index contributed by atoms with van der Waals surface area (Å²) in [7, 11) is 0. The Balaban J connectivity index is 3.72. The summed E-state index contributed by atoms with van der Waals surface area (Å²) in [6.07, 6.45) is 17.2. The van der Waals surface area contributed by atoms with E-state index in [4.69, 9.17) is 14.6 Å². The van der Waals surface area contributed by atoms with Gasteiger partial charge in [0.1, 0.15) is 6.10 Å². The van der Waals surface area contributed by atoms with Gasteiger partial charge in [0.25, 0.3) is 0 Å². The molecule has 5 heteroatoms. The zero-order valence-corrected chi connectivity index (χ0v) is 16.1. The molecule has 0 saturated carbocycles. The van der Waals surface area contributed by atoms with E-state index in [0.29, 0.717) is 6.61 Å². The lowest BCUT2D eigenvalue weighted by atomic mass is 10.2. The van der Waals surface area contributed by atoms with Crippen molar-refractivity contribution in [1.82, 2.24) is 0 Å². The van der Waals surface area contributed by atoms with Crippen LogP contribution in [0.1, 0.15) is 52.9 Å². The number of unbranched alkanes of at least 4 members (excludes halogenated alkanes) is 1. The Morgan fingerprint density at radius 3 is 2.31 bits per heavy atom. The summed E-state index contributed by atoms with van der Waals surface area (Å²) >= 11 is 0. The third-order valence-corrected chi connectivity index (χ3v) is 3.14. The van der Waals surface area contributed by atoms with Crippen LogP contribution in [0.2, 0.25) is 0 Å². The molecule has 0 radical (unpaired) electrons. The molecule has 0 aromatic carbocycles. The average molecular weight is 364 g/mol. The summed E-state index contributed by atoms with van der Waals surface area (Å²) in [6, 6.07) is 0. The van der Waals surface area contributed by atoms with E-state index in [9.17, 15) is 9.59 Å². The van der Waals surface area contributed by atoms with Gasteiger partial charge in [-0.3, -0.25) is 9.59 Å². The molecule has 0 aliphatic rings. The first-order valence-electron chi connectivity index (χ1n) is 9.08. The Hall–Kier alpha value is -2.14. The molecule has 0 heterocycles. The van der Waals surface area contributed by atoms with E-state index in [1.165, 1.54) is 6.92 Å². The monoisotopic (exact) mass is 364 g/mol. The molecule has 0 rings (SSSR count). The van der Waals surface area contributed by atoms with Crippen LogP contribution in [0.25, 0.3) is 0 Å². The fourth-order valence-electron chi connectivity index (χ4n) is 1.91. The van der Waals surface area contributed by atoms with Gasteiger partial charge in [-0.25, -0.2) is 0 Å². The number of aliphatic hydroxyl groups excluding tert-OH is 1. The molecule has 2 atom stereocenters. The Bertz CT molecular complexity index is 501. The van der Waals surface area contributed by atoms with Gasteiger partial charge < -0.3 is 14.6 Å². The van der Waals surface area contributed by atoms with Crippen LogP contribution in [0, 0.1) is 0 Å². The minimum atomic E-state index is -0.751. The molecule has 1 N–H and O–H groups in total. The molecule has 5 nitrogen and oxygen atoms in total. The van der Waals surface area contributed by atoms with Crippen molar-refractivity contribution in [3.8, 4) is 0 Å². The predicted molar refractivity (Wildman–Crippen MR) is 104 cm³/mol. The number of hydrogen-bond donors (Lipinski definition) is 1. The van der Waals surface area contributed by atoms with Crippen molar-refractivity contribution in [3.63, 3.8) is 0 Å². The van der Waals surface area contributed by atoms with Gasteiger partial charge in [-0.15, -0.1) is 0 Å². The third-order valence-electron chi connectivity index (χ3n) is 3.14. The van der Waals surface area contributed by atoms with E-state index >= 15 is 0 Å². The maximum absolute atomic E-state index is 11.6. The molecule has 0 unspecified atom stereocenters. The van der Waals surface area contributed by atoms with Gasteiger partial charge in [0, 0.05) is 0 Å². The fourth-order valence-corrected chi connectivity index (χ4v) is 1.91. The lowest BCUT2D eigenvalue weighted by Gasteiger charge is -2.13. The first-order chi connectivity index (χ1) is 12.5. The third kappa shape index (κ3) is 16.7. The number of carbonyl (C=O) groups is 2. The summed E-state index contributed by atoms with van der Waals surface area (Å²) < 4.78 is 10.1. The van der Waals surface area contributed by atoms with Crippen LogP contribution in [0.3, 0.4) is 0 Å². The van der Waals surface area contributed by atoms with E-state index in [1.807, 2.05) is 43.4 Å². The maximum atomic E-state index is 11.6. The molecule has 0 spiro atoms. The highest BCUT2D eigenvalue weighted by Crippen LogP contribution is 2.04. The maximum Gasteiger partial charge on any atom is 0.309 e. The summed E-state index contributed by atoms with van der Waals surface area (Å²) in [5, 5.41) is 9.09. The zero-order valence-electron chi connectivity index (χ0n) is 16.1. The molecule has 0 saturated heterocycles. The van der Waals surface area contributed by atoms with Gasteiger partial charge in [0.2, 0.25) is 0 Å². The largest absolute Gasteiger partial charge is 0.466 e. The summed E-state index contributed by atoms with van der Waals surface area (Å²) in [5.41, 5.74) is 0. The predicted octanol–water partition coefficient (Wildman–Crippen LogP) is 4.04. The first-order valence-corrected chi connectivity index (χ1v) is 9.08. The molecular formula is C21H32O5. The van der Waals surface area contributed by atoms with Crippen molar-refractivity contribution >= 4 is 11.9 Å². The smallest absolute Gasteiger partial charge is 0.309 e. The second-order valence-electron chi connectivity index (χ2n) is 5.97. The quantitative estimate of drug-likeness (QED) is 0.231. The highest BCUT2D eigenvalue weighted by molar-refractivity contribution is 5.72. The molecule has 0 aliphatic heterocycles. The van der Waals surface area contributed by atoms with Gasteiger partial charge in [0.15, 0.2) is 0 Å². The summed E-state index contributed by atoms with van der Waals surface area (Å²) in [6.45, 7) is 5.47. The highest BCUT2D eigenvalue weighted by atomic mass is 16.6. The number of aliphatic hydroxyl groups is 1. The number of hydrogen-bond acceptors (Lipinski definition) is 5. The van der Waals surface area contributed by atoms with Crippen molar-refractivity contribution in [2.45, 2.75) is 65.1 Å². The molecule has 0 bridgehead atoms. The van der Waals surface area contributed by atoms with Crippen LogP contribution in [0.5, 0.6) is 0 Å². The van der Waals surface area contributed by atoms with Gasteiger partial charge in [0.05, 0.1) is 25.6 Å². The van der Waals surface area contributed by atoms with Crippen molar-refractivity contribution < 1.29 is 24.2 Å². The van der Waals surface area contributed by atoms with Crippen LogP contribution in [-0.4, -0.2) is 35.9 Å². The fraction of sp³-hybridized carbons (Fsp3) is 0.524. The number of allylic oxidation sites excluding steroid dienone is 8. The number of esters is 2. The standard InChI is InChI=1S/C21H32O5/c1-4-5-6-7-8-9-10-11-12-13-14-15-25-20(23)17-19(3)26-21(24)16-18(2)22/h4-5,7-12,18-19,22H,6,13-17H2,1-3H3/b5-4+,8-7+,10-9+,12-11+/t18-,19-/m1/s1. The molecule has 26 heavy (non-hydrogen) atoms. The normalized spacial score (nSPS) is 14.5. The van der Waals surface area contributed by atoms with Crippen molar-refractivity contribution in [1.29, 1.82) is 0 Å². The molecule has 0 fully saturated rings. The topological polar surface area (TPSA) is 72.8 Å². The van der Waals surface area contributed by atoms with Crippen LogP contribution >= 0.6 is 0 Å². The SMILES string of the molecule is C/C=C/C/C=C/C=C/C=C/CCCOC(=O)C[C@@H](C)OC(=O)C[C@@H](C)O. The van der Waals surface area contributed by atoms with Crippen LogP contribution in [0.15, 0.2) is 48.6 Å². The van der Waals surface area contributed by atoms with Crippen molar-refractivity contribution in [3.05, 3.63) is 48.6 Å². The van der Waals surface area contributed by atoms with E-state index < -0.39 is 24.1 Å². The minimum absolute atomic E-state index is 0.0175. The Morgan fingerprint density at radius 1 is 0.962 bits per heavy atom. The van der Waals surface area contributed by atoms with Crippen LogP contribution < -0.4 is 0 Å². The van der Waals surface area contributed by atoms with Gasteiger partial charge in [-0.2, -0.15) is 0 Å². The number of carbonyl (C=O) groups excluding carboxylic acids is 2. The van der Waals surface area contributed by atoms with E-state index in [-0.39, 0.29) is 12.8 Å². The molecule has 0 aromatic heterocycles. The van der Waals surface area contributed by atoms with E-state index in [2.05, 4.69) is 12.2 Å². The van der Waals surface area contributed by atoms with Gasteiger partial charge in [-0.05, 0) is 40.0 Å². The second-order valence-corrected chi connectivity index (χ2v) is 5.97. The van der Waals surface area contributed by atoms with Crippen molar-refractivity contribution in [2.75, 3.05) is 6.61 Å². The first kappa shape index (κ1) is 23.9. The van der Waals surface area contributed by atoms with Gasteiger partial charge in [-0.1, -0.05) is 48.6 Å². The number of ether oxygens (including phenoxy) is 2. The average Bonchev–Trinajstić information content (AvgIpc) is 2.54. The Labute approximate surface area is 157 Å². The molecule has 146 valence electrons. The highest BCUT2D eigenvalue weighted by Gasteiger charge is 2.15. The van der Waals surface area contributed by atoms with Gasteiger partial charge >= 0.3 is 11.9 Å². The lowest BCUT2D eigenvalue weighted by molar-refractivity contribution is -0.155. The van der Waals surface area contributed by atoms with E-state index in [0.717, 1.165) is 19.3 Å².